The Morgan fingerprint density at radius 2 is 0.529 bits per heavy atom. The maximum Gasteiger partial charge on any atom is 0.332 e. The monoisotopic (exact) mass is 765 g/mol. The summed E-state index contributed by atoms with van der Waals surface area (Å²) in [7, 11) is -2.78. The van der Waals surface area contributed by atoms with E-state index in [1.165, 1.54) is 180 Å². The molecular weight excluding hydrogens is 674 g/mol. The van der Waals surface area contributed by atoms with Crippen LogP contribution < -0.4 is 0 Å². The van der Waals surface area contributed by atoms with Crippen molar-refractivity contribution in [2.45, 2.75) is 246 Å². The van der Waals surface area contributed by atoms with Crippen LogP contribution in [0.1, 0.15) is 240 Å². The summed E-state index contributed by atoms with van der Waals surface area (Å²) in [6, 6.07) is 0. The first-order chi connectivity index (χ1) is 25.2. The van der Waals surface area contributed by atoms with E-state index in [1.807, 2.05) is 0 Å². The van der Waals surface area contributed by atoms with Crippen LogP contribution >= 0.6 is 17.2 Å². The van der Waals surface area contributed by atoms with Crippen LogP contribution in [-0.2, 0) is 27.1 Å². The van der Waals surface area contributed by atoms with E-state index in [4.69, 9.17) is 27.1 Å². The third kappa shape index (κ3) is 41.6. The van der Waals surface area contributed by atoms with E-state index < -0.39 is 17.2 Å². The van der Waals surface area contributed by atoms with Gasteiger partial charge in [0.05, 0.1) is 39.1 Å². The molecule has 0 aromatic carbocycles. The highest BCUT2D eigenvalue weighted by Gasteiger charge is 2.20. The minimum atomic E-state index is -1.40. The lowest BCUT2D eigenvalue weighted by Gasteiger charge is -2.23. The molecule has 8 heteroatoms. The molecule has 0 aromatic heterocycles. The summed E-state index contributed by atoms with van der Waals surface area (Å²) in [5.74, 6) is 0. The molecule has 1 unspecified atom stereocenters. The quantitative estimate of drug-likeness (QED) is 0.0455. The van der Waals surface area contributed by atoms with Crippen molar-refractivity contribution in [1.29, 1.82) is 0 Å². The van der Waals surface area contributed by atoms with Crippen LogP contribution in [0.5, 0.6) is 0 Å². The Hall–Kier alpha value is 0.620. The molecule has 0 spiro atoms. The molecule has 0 saturated heterocycles. The summed E-state index contributed by atoms with van der Waals surface area (Å²) in [4.78, 5) is 0. The SMILES string of the molecule is CCCCCCCCCCOP(OCCCCCCCCCC)OCC(C)OP(OCCCCCCCCCC)OCCCCCCCCCC. The van der Waals surface area contributed by atoms with E-state index in [0.29, 0.717) is 33.0 Å². The van der Waals surface area contributed by atoms with Gasteiger partial charge in [-0.1, -0.05) is 207 Å². The van der Waals surface area contributed by atoms with Gasteiger partial charge < -0.3 is 27.1 Å². The molecule has 0 bridgehead atoms. The van der Waals surface area contributed by atoms with Crippen LogP contribution in [0.3, 0.4) is 0 Å². The number of unbranched alkanes of at least 4 members (excludes halogenated alkanes) is 28. The van der Waals surface area contributed by atoms with E-state index in [-0.39, 0.29) is 6.10 Å². The molecule has 0 saturated carbocycles. The lowest BCUT2D eigenvalue weighted by molar-refractivity contribution is 0.0757. The van der Waals surface area contributed by atoms with Gasteiger partial charge >= 0.3 is 17.2 Å². The summed E-state index contributed by atoms with van der Waals surface area (Å²) < 4.78 is 37.4. The summed E-state index contributed by atoms with van der Waals surface area (Å²) >= 11 is 0. The molecule has 0 amide bonds. The Kier molecular flexibility index (Phi) is 45.6. The summed E-state index contributed by atoms with van der Waals surface area (Å²) in [6.07, 6.45) is 41.0. The van der Waals surface area contributed by atoms with Crippen LogP contribution in [0, 0.1) is 0 Å². The summed E-state index contributed by atoms with van der Waals surface area (Å²) in [5.41, 5.74) is 0. The Morgan fingerprint density at radius 3 is 0.804 bits per heavy atom. The molecule has 0 aliphatic carbocycles. The minimum Gasteiger partial charge on any atom is -0.312 e. The van der Waals surface area contributed by atoms with Gasteiger partial charge in [-0.2, -0.15) is 0 Å². The Labute approximate surface area is 322 Å². The van der Waals surface area contributed by atoms with Gasteiger partial charge in [-0.15, -0.1) is 0 Å². The number of rotatable bonds is 45. The second-order valence-electron chi connectivity index (χ2n) is 14.9. The fraction of sp³-hybridized carbons (Fsp3) is 1.00. The number of hydrogen-bond donors (Lipinski definition) is 0. The predicted octanol–water partition coefficient (Wildman–Crippen LogP) is 16.5. The first-order valence-electron chi connectivity index (χ1n) is 22.6. The van der Waals surface area contributed by atoms with E-state index in [1.54, 1.807) is 0 Å². The second-order valence-corrected chi connectivity index (χ2v) is 17.3. The highest BCUT2D eigenvalue weighted by molar-refractivity contribution is 7.42. The van der Waals surface area contributed by atoms with Crippen molar-refractivity contribution in [3.8, 4) is 0 Å². The third-order valence-electron chi connectivity index (χ3n) is 9.46. The smallest absolute Gasteiger partial charge is 0.312 e. The standard InChI is InChI=1S/C43H90O6P2/c1-6-10-14-18-22-26-30-34-38-44-50(45-39-35-31-27-23-19-15-11-7-2)48-42-43(5)49-51(46-40-36-32-28-24-20-16-12-8-3)47-41-37-33-29-25-21-17-13-9-4/h43H,6-42H2,1-5H3. The molecule has 0 heterocycles. The van der Waals surface area contributed by atoms with Gasteiger partial charge in [0.1, 0.15) is 0 Å². The van der Waals surface area contributed by atoms with Gasteiger partial charge in [-0.25, -0.2) is 0 Å². The molecule has 0 radical (unpaired) electrons. The van der Waals surface area contributed by atoms with Crippen molar-refractivity contribution in [3.05, 3.63) is 0 Å². The van der Waals surface area contributed by atoms with Crippen molar-refractivity contribution >= 4 is 17.2 Å². The molecule has 0 aliphatic rings. The largest absolute Gasteiger partial charge is 0.332 e. The highest BCUT2D eigenvalue weighted by atomic mass is 31.2. The fourth-order valence-corrected chi connectivity index (χ4v) is 8.27. The van der Waals surface area contributed by atoms with E-state index in [9.17, 15) is 0 Å². The van der Waals surface area contributed by atoms with Gasteiger partial charge in [0.2, 0.25) is 0 Å². The molecule has 0 rings (SSSR count). The van der Waals surface area contributed by atoms with Gasteiger partial charge in [-0.3, -0.25) is 0 Å². The molecule has 1 atom stereocenters. The van der Waals surface area contributed by atoms with Crippen LogP contribution in [0.4, 0.5) is 0 Å². The average Bonchev–Trinajstić information content (AvgIpc) is 3.13. The Balaban J connectivity index is 4.69. The normalized spacial score (nSPS) is 12.5. The van der Waals surface area contributed by atoms with Crippen molar-refractivity contribution in [2.24, 2.45) is 0 Å². The average molecular weight is 765 g/mol. The molecule has 51 heavy (non-hydrogen) atoms. The summed E-state index contributed by atoms with van der Waals surface area (Å²) in [6.45, 7) is 14.4. The fourth-order valence-electron chi connectivity index (χ4n) is 6.05. The molecule has 0 aromatic rings. The van der Waals surface area contributed by atoms with Gasteiger partial charge in [-0.05, 0) is 32.6 Å². The van der Waals surface area contributed by atoms with Crippen LogP contribution in [0.25, 0.3) is 0 Å². The molecule has 6 nitrogen and oxygen atoms in total. The molecule has 0 N–H and O–H groups in total. The van der Waals surface area contributed by atoms with Crippen molar-refractivity contribution in [1.82, 2.24) is 0 Å². The Morgan fingerprint density at radius 1 is 0.294 bits per heavy atom. The van der Waals surface area contributed by atoms with Crippen LogP contribution in [-0.4, -0.2) is 39.1 Å². The molecule has 0 aliphatic heterocycles. The number of hydrogen-bond acceptors (Lipinski definition) is 6. The van der Waals surface area contributed by atoms with Crippen molar-refractivity contribution < 1.29 is 27.1 Å². The zero-order valence-corrected chi connectivity index (χ0v) is 36.9. The van der Waals surface area contributed by atoms with Crippen LogP contribution in [0.15, 0.2) is 0 Å². The zero-order valence-electron chi connectivity index (χ0n) is 35.1. The van der Waals surface area contributed by atoms with Crippen molar-refractivity contribution in [3.63, 3.8) is 0 Å². The zero-order chi connectivity index (χ0) is 37.1. The van der Waals surface area contributed by atoms with E-state index in [2.05, 4.69) is 34.6 Å². The van der Waals surface area contributed by atoms with Gasteiger partial charge in [0.15, 0.2) is 0 Å². The molecule has 0 fully saturated rings. The molecule has 308 valence electrons. The first kappa shape index (κ1) is 51.6. The highest BCUT2D eigenvalue weighted by Crippen LogP contribution is 2.44. The second kappa shape index (κ2) is 45.0. The predicted molar refractivity (Wildman–Crippen MR) is 225 cm³/mol. The van der Waals surface area contributed by atoms with E-state index in [0.717, 1.165) is 25.7 Å². The lowest BCUT2D eigenvalue weighted by Crippen LogP contribution is -2.15. The van der Waals surface area contributed by atoms with E-state index >= 15 is 0 Å². The summed E-state index contributed by atoms with van der Waals surface area (Å²) in [5, 5.41) is 0. The first-order valence-corrected chi connectivity index (χ1v) is 24.8. The Bertz CT molecular complexity index is 587. The topological polar surface area (TPSA) is 55.4 Å². The van der Waals surface area contributed by atoms with Gasteiger partial charge in [0, 0.05) is 0 Å². The maximum atomic E-state index is 6.34. The van der Waals surface area contributed by atoms with Crippen molar-refractivity contribution in [2.75, 3.05) is 33.0 Å². The van der Waals surface area contributed by atoms with Gasteiger partial charge in [0.25, 0.3) is 0 Å². The van der Waals surface area contributed by atoms with Crippen LogP contribution in [0.2, 0.25) is 0 Å². The maximum absolute atomic E-state index is 6.34. The lowest BCUT2D eigenvalue weighted by atomic mass is 10.1. The third-order valence-corrected chi connectivity index (χ3v) is 11.9. The molecular formula is C43H90O6P2. The minimum absolute atomic E-state index is 0.156.